The Kier molecular flexibility index (Phi) is 6.42. The van der Waals surface area contributed by atoms with Gasteiger partial charge in [-0.15, -0.1) is 13.2 Å². The third-order valence-electron chi connectivity index (χ3n) is 6.33. The number of aliphatic hydroxyl groups is 1. The van der Waals surface area contributed by atoms with Crippen molar-refractivity contribution >= 4 is 22.7 Å². The van der Waals surface area contributed by atoms with E-state index in [4.69, 9.17) is 9.72 Å². The molecule has 2 N–H and O–H groups in total. The molecule has 3 aromatic rings. The molecule has 1 aromatic heterocycles. The Morgan fingerprint density at radius 2 is 1.88 bits per heavy atom. The van der Waals surface area contributed by atoms with E-state index >= 15 is 0 Å². The summed E-state index contributed by atoms with van der Waals surface area (Å²) in [5, 5.41) is 13.0. The van der Waals surface area contributed by atoms with Gasteiger partial charge in [-0.25, -0.2) is 4.98 Å². The Bertz CT molecular complexity index is 1160. The summed E-state index contributed by atoms with van der Waals surface area (Å²) in [6.07, 6.45) is -1.67. The predicted molar refractivity (Wildman–Crippen MR) is 124 cm³/mol. The molecular formula is C25H30F3N3O3. The van der Waals surface area contributed by atoms with Crippen LogP contribution >= 0.6 is 0 Å². The van der Waals surface area contributed by atoms with Crippen molar-refractivity contribution in [1.29, 1.82) is 0 Å². The van der Waals surface area contributed by atoms with Gasteiger partial charge in [-0.05, 0) is 60.9 Å². The Morgan fingerprint density at radius 1 is 1.18 bits per heavy atom. The summed E-state index contributed by atoms with van der Waals surface area (Å²) in [5.41, 5.74) is 2.96. The fourth-order valence-electron chi connectivity index (χ4n) is 5.30. The topological polar surface area (TPSA) is 68.5 Å². The van der Waals surface area contributed by atoms with Gasteiger partial charge in [-0.1, -0.05) is 20.8 Å². The van der Waals surface area contributed by atoms with Crippen LogP contribution in [0, 0.1) is 11.3 Å². The monoisotopic (exact) mass is 477 g/mol. The van der Waals surface area contributed by atoms with E-state index in [1.807, 2.05) is 12.1 Å². The van der Waals surface area contributed by atoms with E-state index in [9.17, 15) is 18.3 Å². The van der Waals surface area contributed by atoms with E-state index in [1.165, 1.54) is 24.3 Å². The highest BCUT2D eigenvalue weighted by Gasteiger charge is 2.35. The fourth-order valence-corrected chi connectivity index (χ4v) is 5.30. The molecule has 0 spiro atoms. The van der Waals surface area contributed by atoms with Crippen LogP contribution in [-0.4, -0.2) is 28.1 Å². The SMILES string of the molecule is COc1cc2c(cc1CO)nc(Nc1ccc(OC(F)(F)F)cc1)n2[C@@H]1C[C@H](C)CC(C)(C)C1. The van der Waals surface area contributed by atoms with Crippen molar-refractivity contribution in [2.45, 2.75) is 59.0 Å². The normalized spacial score (nSPS) is 20.4. The molecule has 6 nitrogen and oxygen atoms in total. The van der Waals surface area contributed by atoms with Crippen LogP contribution in [0.15, 0.2) is 36.4 Å². The van der Waals surface area contributed by atoms with E-state index in [0.717, 1.165) is 24.8 Å². The van der Waals surface area contributed by atoms with Crippen LogP contribution in [0.25, 0.3) is 11.0 Å². The maximum absolute atomic E-state index is 12.5. The molecule has 2 aromatic carbocycles. The number of aliphatic hydroxyl groups excluding tert-OH is 1. The molecule has 0 aliphatic heterocycles. The predicted octanol–water partition coefficient (Wildman–Crippen LogP) is 6.57. The lowest BCUT2D eigenvalue weighted by atomic mass is 9.70. The minimum absolute atomic E-state index is 0.155. The summed E-state index contributed by atoms with van der Waals surface area (Å²) in [6, 6.07) is 9.46. The molecule has 1 aliphatic rings. The van der Waals surface area contributed by atoms with Gasteiger partial charge >= 0.3 is 6.36 Å². The molecule has 9 heteroatoms. The Morgan fingerprint density at radius 3 is 2.47 bits per heavy atom. The van der Waals surface area contributed by atoms with Crippen molar-refractivity contribution < 1.29 is 27.8 Å². The number of hydrogen-bond acceptors (Lipinski definition) is 5. The summed E-state index contributed by atoms with van der Waals surface area (Å²) >= 11 is 0. The summed E-state index contributed by atoms with van der Waals surface area (Å²) in [6.45, 7) is 6.62. The molecule has 2 atom stereocenters. The number of imidazole rings is 1. The highest BCUT2D eigenvalue weighted by Crippen LogP contribution is 2.46. The smallest absolute Gasteiger partial charge is 0.496 e. The molecule has 1 fully saturated rings. The van der Waals surface area contributed by atoms with E-state index in [2.05, 4.69) is 35.4 Å². The minimum atomic E-state index is -4.74. The van der Waals surface area contributed by atoms with Crippen LogP contribution in [0.4, 0.5) is 24.8 Å². The number of fused-ring (bicyclic) bond motifs is 1. The number of nitrogens with one attached hydrogen (secondary N) is 1. The van der Waals surface area contributed by atoms with Crippen molar-refractivity contribution in [2.75, 3.05) is 12.4 Å². The van der Waals surface area contributed by atoms with Crippen molar-refractivity contribution in [3.05, 3.63) is 42.0 Å². The average molecular weight is 478 g/mol. The Hall–Kier alpha value is -2.94. The Balaban J connectivity index is 1.76. The number of hydrogen-bond donors (Lipinski definition) is 2. The minimum Gasteiger partial charge on any atom is -0.496 e. The van der Waals surface area contributed by atoms with Gasteiger partial charge in [-0.2, -0.15) is 0 Å². The standard InChI is InChI=1S/C25H30F3N3O3/c1-15-9-18(13-24(2,3)12-15)31-21-11-22(33-4)16(14-32)10-20(21)30-23(31)29-17-5-7-19(8-6-17)34-25(26,27)28/h5-8,10-11,15,18,32H,9,12-14H2,1-4H3,(H,29,30)/t15-,18+/m0/s1. The van der Waals surface area contributed by atoms with Gasteiger partial charge in [0.2, 0.25) is 5.95 Å². The van der Waals surface area contributed by atoms with Crippen LogP contribution in [0.2, 0.25) is 0 Å². The van der Waals surface area contributed by atoms with Gasteiger partial charge in [0.25, 0.3) is 0 Å². The second-order valence-electron chi connectivity index (χ2n) is 9.88. The second-order valence-corrected chi connectivity index (χ2v) is 9.88. The summed E-state index contributed by atoms with van der Waals surface area (Å²) in [5.74, 6) is 1.41. The highest BCUT2D eigenvalue weighted by molar-refractivity contribution is 5.82. The van der Waals surface area contributed by atoms with Gasteiger partial charge in [0.1, 0.15) is 11.5 Å². The molecule has 0 saturated heterocycles. The molecular weight excluding hydrogens is 447 g/mol. The molecule has 184 valence electrons. The van der Waals surface area contributed by atoms with Gasteiger partial charge < -0.3 is 24.5 Å². The van der Waals surface area contributed by atoms with Gasteiger partial charge in [0.15, 0.2) is 0 Å². The number of rotatable bonds is 6. The van der Waals surface area contributed by atoms with E-state index in [1.54, 1.807) is 7.11 Å². The van der Waals surface area contributed by atoms with Crippen molar-refractivity contribution in [1.82, 2.24) is 9.55 Å². The first-order chi connectivity index (χ1) is 16.0. The zero-order valence-electron chi connectivity index (χ0n) is 19.7. The lowest BCUT2D eigenvalue weighted by Crippen LogP contribution is -2.29. The van der Waals surface area contributed by atoms with Crippen molar-refractivity contribution in [3.8, 4) is 11.5 Å². The maximum atomic E-state index is 12.5. The molecule has 1 aliphatic carbocycles. The van der Waals surface area contributed by atoms with Gasteiger partial charge in [0.05, 0.1) is 24.8 Å². The first kappa shape index (κ1) is 24.2. The molecule has 1 saturated carbocycles. The molecule has 0 amide bonds. The lowest BCUT2D eigenvalue weighted by Gasteiger charge is -2.40. The quantitative estimate of drug-likeness (QED) is 0.420. The number of methoxy groups -OCH3 is 1. The molecule has 0 radical (unpaired) electrons. The summed E-state index contributed by atoms with van der Waals surface area (Å²) in [4.78, 5) is 4.80. The van der Waals surface area contributed by atoms with Crippen LogP contribution in [0.3, 0.4) is 0 Å². The number of anilines is 2. The number of nitrogens with zero attached hydrogens (tertiary/aromatic N) is 2. The van der Waals surface area contributed by atoms with E-state index < -0.39 is 6.36 Å². The summed E-state index contributed by atoms with van der Waals surface area (Å²) in [7, 11) is 1.57. The van der Waals surface area contributed by atoms with Crippen LogP contribution in [0.5, 0.6) is 11.5 Å². The van der Waals surface area contributed by atoms with Crippen LogP contribution < -0.4 is 14.8 Å². The van der Waals surface area contributed by atoms with Gasteiger partial charge in [-0.3, -0.25) is 0 Å². The maximum Gasteiger partial charge on any atom is 0.573 e. The van der Waals surface area contributed by atoms with Crippen LogP contribution in [-0.2, 0) is 6.61 Å². The zero-order chi connectivity index (χ0) is 24.7. The first-order valence-electron chi connectivity index (χ1n) is 11.3. The van der Waals surface area contributed by atoms with Crippen molar-refractivity contribution in [3.63, 3.8) is 0 Å². The van der Waals surface area contributed by atoms with E-state index in [-0.39, 0.29) is 23.8 Å². The van der Waals surface area contributed by atoms with Gasteiger partial charge in [0, 0.05) is 23.4 Å². The third-order valence-corrected chi connectivity index (χ3v) is 6.33. The molecule has 0 bridgehead atoms. The lowest BCUT2D eigenvalue weighted by molar-refractivity contribution is -0.274. The number of aromatic nitrogens is 2. The largest absolute Gasteiger partial charge is 0.573 e. The average Bonchev–Trinajstić information content (AvgIpc) is 3.08. The van der Waals surface area contributed by atoms with E-state index in [0.29, 0.717) is 34.4 Å². The molecule has 34 heavy (non-hydrogen) atoms. The number of alkyl halides is 3. The fraction of sp³-hybridized carbons (Fsp3) is 0.480. The highest BCUT2D eigenvalue weighted by atomic mass is 19.4. The molecule has 1 heterocycles. The Labute approximate surface area is 196 Å². The zero-order valence-corrected chi connectivity index (χ0v) is 19.7. The van der Waals surface area contributed by atoms with Crippen molar-refractivity contribution in [2.24, 2.45) is 11.3 Å². The summed E-state index contributed by atoms with van der Waals surface area (Å²) < 4.78 is 49.2. The molecule has 0 unspecified atom stereocenters. The van der Waals surface area contributed by atoms with Crippen LogP contribution in [0.1, 0.15) is 51.6 Å². The molecule has 4 rings (SSSR count). The first-order valence-corrected chi connectivity index (χ1v) is 11.3. The number of halogens is 3. The number of benzene rings is 2. The number of ether oxygens (including phenoxy) is 2. The third kappa shape index (κ3) is 5.24. The second kappa shape index (κ2) is 9.02.